The van der Waals surface area contributed by atoms with Crippen molar-refractivity contribution >= 4 is 23.3 Å². The molecule has 1 aliphatic heterocycles. The maximum Gasteiger partial charge on any atom is 0.231 e. The fourth-order valence-electron chi connectivity index (χ4n) is 5.38. The van der Waals surface area contributed by atoms with E-state index in [9.17, 15) is 9.90 Å². The maximum atomic E-state index is 13.9. The van der Waals surface area contributed by atoms with Crippen LogP contribution in [-0.4, -0.2) is 83.2 Å². The molecule has 1 saturated heterocycles. The number of aliphatic hydroxyl groups excluding tert-OH is 1. The summed E-state index contributed by atoms with van der Waals surface area (Å²) >= 11 is 6.15. The first-order valence-corrected chi connectivity index (χ1v) is 13.5. The highest BCUT2D eigenvalue weighted by Crippen LogP contribution is 2.37. The van der Waals surface area contributed by atoms with E-state index in [4.69, 9.17) is 11.6 Å². The average Bonchev–Trinajstić information content (AvgIpc) is 3.29. The van der Waals surface area contributed by atoms with Crippen molar-refractivity contribution in [3.63, 3.8) is 0 Å². The number of hydrogen-bond donors (Lipinski definition) is 1. The van der Waals surface area contributed by atoms with Gasteiger partial charge in [-0.2, -0.15) is 0 Å². The number of aryl methyl sites for hydroxylation is 1. The van der Waals surface area contributed by atoms with Crippen LogP contribution < -0.4 is 4.90 Å². The first kappa shape index (κ1) is 26.6. The SMILES string of the molecule is C=CCCN(CCCO)CC(C(=O)N1CCN(c2ncnc3c2C(C)CC3)CC1)c1ccc(Cl)cc1. The number of anilines is 1. The van der Waals surface area contributed by atoms with Gasteiger partial charge in [0.05, 0.1) is 5.92 Å². The molecule has 8 heteroatoms. The Morgan fingerprint density at radius 3 is 2.67 bits per heavy atom. The van der Waals surface area contributed by atoms with E-state index in [1.54, 1.807) is 6.33 Å². The molecular formula is C28H38ClN5O2. The smallest absolute Gasteiger partial charge is 0.231 e. The topological polar surface area (TPSA) is 72.8 Å². The van der Waals surface area contributed by atoms with Gasteiger partial charge in [-0.1, -0.05) is 36.7 Å². The molecular weight excluding hydrogens is 474 g/mol. The minimum absolute atomic E-state index is 0.136. The maximum absolute atomic E-state index is 13.9. The van der Waals surface area contributed by atoms with Gasteiger partial charge in [-0.05, 0) is 49.3 Å². The molecule has 2 aromatic rings. The molecule has 0 radical (unpaired) electrons. The minimum Gasteiger partial charge on any atom is -0.396 e. The van der Waals surface area contributed by atoms with E-state index in [-0.39, 0.29) is 18.4 Å². The Labute approximate surface area is 219 Å². The number of hydrogen-bond acceptors (Lipinski definition) is 6. The van der Waals surface area contributed by atoms with E-state index < -0.39 is 0 Å². The van der Waals surface area contributed by atoms with E-state index in [2.05, 4.69) is 33.3 Å². The van der Waals surface area contributed by atoms with Crippen LogP contribution in [0.2, 0.25) is 5.02 Å². The number of piperazine rings is 1. The molecule has 2 aliphatic rings. The Bertz CT molecular complexity index is 1020. The zero-order chi connectivity index (χ0) is 25.5. The molecule has 1 aromatic heterocycles. The second kappa shape index (κ2) is 12.7. The molecule has 0 spiro atoms. The molecule has 2 heterocycles. The lowest BCUT2D eigenvalue weighted by molar-refractivity contribution is -0.133. The van der Waals surface area contributed by atoms with Crippen molar-refractivity contribution in [1.29, 1.82) is 0 Å². The molecule has 0 bridgehead atoms. The number of aliphatic hydroxyl groups is 1. The van der Waals surface area contributed by atoms with Crippen LogP contribution in [0.5, 0.6) is 0 Å². The zero-order valence-electron chi connectivity index (χ0n) is 21.3. The van der Waals surface area contributed by atoms with Gasteiger partial charge in [0.15, 0.2) is 0 Å². The van der Waals surface area contributed by atoms with E-state index in [1.165, 1.54) is 11.3 Å². The second-order valence-electron chi connectivity index (χ2n) is 9.87. The summed E-state index contributed by atoms with van der Waals surface area (Å²) in [4.78, 5) is 29.6. The molecule has 0 saturated carbocycles. The molecule has 4 rings (SSSR count). The van der Waals surface area contributed by atoms with Crippen LogP contribution in [0.4, 0.5) is 5.82 Å². The van der Waals surface area contributed by atoms with Gasteiger partial charge in [0, 0.05) is 68.7 Å². The number of nitrogens with zero attached hydrogens (tertiary/aromatic N) is 5. The fourth-order valence-corrected chi connectivity index (χ4v) is 5.50. The predicted octanol–water partition coefficient (Wildman–Crippen LogP) is 3.87. The van der Waals surface area contributed by atoms with Crippen LogP contribution in [0.25, 0.3) is 0 Å². The van der Waals surface area contributed by atoms with Gasteiger partial charge in [-0.15, -0.1) is 6.58 Å². The Morgan fingerprint density at radius 2 is 1.97 bits per heavy atom. The molecule has 7 nitrogen and oxygen atoms in total. The van der Waals surface area contributed by atoms with E-state index >= 15 is 0 Å². The molecule has 2 atom stereocenters. The summed E-state index contributed by atoms with van der Waals surface area (Å²) in [5.41, 5.74) is 3.44. The number of halogens is 1. The van der Waals surface area contributed by atoms with Crippen molar-refractivity contribution in [3.8, 4) is 0 Å². The highest BCUT2D eigenvalue weighted by Gasteiger charge is 2.32. The average molecular weight is 512 g/mol. The highest BCUT2D eigenvalue weighted by molar-refractivity contribution is 6.30. The van der Waals surface area contributed by atoms with Gasteiger partial charge in [0.25, 0.3) is 0 Å². The van der Waals surface area contributed by atoms with E-state index in [1.807, 2.05) is 35.2 Å². The Morgan fingerprint density at radius 1 is 1.22 bits per heavy atom. The highest BCUT2D eigenvalue weighted by atomic mass is 35.5. The minimum atomic E-state index is -0.291. The summed E-state index contributed by atoms with van der Waals surface area (Å²) in [5, 5.41) is 10.0. The van der Waals surface area contributed by atoms with Crippen molar-refractivity contribution in [1.82, 2.24) is 19.8 Å². The van der Waals surface area contributed by atoms with Crippen molar-refractivity contribution in [3.05, 3.63) is 65.1 Å². The van der Waals surface area contributed by atoms with Crippen molar-refractivity contribution < 1.29 is 9.90 Å². The standard InChI is InChI=1S/C28H38ClN5O2/c1-3-4-12-32(13-5-18-35)19-24(22-7-9-23(29)10-8-22)28(36)34-16-14-33(15-17-34)27-26-21(2)6-11-25(26)30-20-31-27/h3,7-10,20-21,24,35H,1,4-6,11-19H2,2H3. The first-order chi connectivity index (χ1) is 17.5. The lowest BCUT2D eigenvalue weighted by atomic mass is 9.96. The molecule has 1 aromatic carbocycles. The molecule has 1 fully saturated rings. The molecule has 1 N–H and O–H groups in total. The van der Waals surface area contributed by atoms with Crippen LogP contribution in [0.1, 0.15) is 54.8 Å². The number of fused-ring (bicyclic) bond motifs is 1. The number of rotatable bonds is 11. The Hall–Kier alpha value is -2.48. The third kappa shape index (κ3) is 6.25. The normalized spacial score (nSPS) is 18.4. The van der Waals surface area contributed by atoms with Crippen LogP contribution in [0, 0.1) is 0 Å². The molecule has 1 aliphatic carbocycles. The summed E-state index contributed by atoms with van der Waals surface area (Å²) in [6.07, 6.45) is 7.25. The summed E-state index contributed by atoms with van der Waals surface area (Å²) in [6, 6.07) is 7.64. The van der Waals surface area contributed by atoms with Crippen LogP contribution in [0.15, 0.2) is 43.2 Å². The van der Waals surface area contributed by atoms with Gasteiger partial charge in [0.1, 0.15) is 12.1 Å². The summed E-state index contributed by atoms with van der Waals surface area (Å²) in [5.74, 6) is 1.38. The van der Waals surface area contributed by atoms with E-state index in [0.29, 0.717) is 37.0 Å². The predicted molar refractivity (Wildman–Crippen MR) is 145 cm³/mol. The largest absolute Gasteiger partial charge is 0.396 e. The number of carbonyl (C=O) groups excluding carboxylic acids is 1. The quantitative estimate of drug-likeness (QED) is 0.462. The molecule has 2 unspecified atom stereocenters. The van der Waals surface area contributed by atoms with Crippen LogP contribution in [-0.2, 0) is 11.2 Å². The van der Waals surface area contributed by atoms with Crippen molar-refractivity contribution in [2.75, 3.05) is 57.3 Å². The van der Waals surface area contributed by atoms with Gasteiger partial charge < -0.3 is 19.8 Å². The lowest BCUT2D eigenvalue weighted by Gasteiger charge is -2.38. The monoisotopic (exact) mass is 511 g/mol. The summed E-state index contributed by atoms with van der Waals surface area (Å²) in [6.45, 7) is 11.3. The van der Waals surface area contributed by atoms with Gasteiger partial charge >= 0.3 is 0 Å². The van der Waals surface area contributed by atoms with Crippen molar-refractivity contribution in [2.45, 2.75) is 44.4 Å². The summed E-state index contributed by atoms with van der Waals surface area (Å²) < 4.78 is 0. The van der Waals surface area contributed by atoms with E-state index in [0.717, 1.165) is 56.8 Å². The third-order valence-electron chi connectivity index (χ3n) is 7.44. The molecule has 194 valence electrons. The van der Waals surface area contributed by atoms with Gasteiger partial charge in [0.2, 0.25) is 5.91 Å². The van der Waals surface area contributed by atoms with Gasteiger partial charge in [-0.3, -0.25) is 4.79 Å². The van der Waals surface area contributed by atoms with Crippen molar-refractivity contribution in [2.24, 2.45) is 0 Å². The Balaban J connectivity index is 1.48. The number of carbonyl (C=O) groups is 1. The lowest BCUT2D eigenvalue weighted by Crippen LogP contribution is -2.51. The molecule has 36 heavy (non-hydrogen) atoms. The second-order valence-corrected chi connectivity index (χ2v) is 10.3. The molecule has 1 amide bonds. The number of benzene rings is 1. The zero-order valence-corrected chi connectivity index (χ0v) is 22.0. The summed E-state index contributed by atoms with van der Waals surface area (Å²) in [7, 11) is 0. The Kier molecular flexibility index (Phi) is 9.35. The van der Waals surface area contributed by atoms with Gasteiger partial charge in [-0.25, -0.2) is 9.97 Å². The fraction of sp³-hybridized carbons (Fsp3) is 0.536. The number of aromatic nitrogens is 2. The first-order valence-electron chi connectivity index (χ1n) is 13.1. The third-order valence-corrected chi connectivity index (χ3v) is 7.69. The van der Waals surface area contributed by atoms with Crippen LogP contribution >= 0.6 is 11.6 Å². The van der Waals surface area contributed by atoms with Crippen LogP contribution in [0.3, 0.4) is 0 Å². The number of amides is 1.